The fourth-order valence-corrected chi connectivity index (χ4v) is 2.77. The number of benzene rings is 1. The van der Waals surface area contributed by atoms with Crippen LogP contribution in [0.15, 0.2) is 23.1 Å². The predicted molar refractivity (Wildman–Crippen MR) is 81.0 cm³/mol. The highest BCUT2D eigenvalue weighted by molar-refractivity contribution is 7.89. The van der Waals surface area contributed by atoms with Crippen molar-refractivity contribution in [3.63, 3.8) is 0 Å². The van der Waals surface area contributed by atoms with Gasteiger partial charge in [0.2, 0.25) is 10.0 Å². The number of rotatable bonds is 8. The third kappa shape index (κ3) is 5.71. The standard InChI is InChI=1S/C14H21N3O3S/c1-11(2)5-7-20-8-6-17-21(18,19)14-4-3-13(16)9-12(14)10-15/h3-4,9,11,17H,5-8,16H2,1-2H3. The fourth-order valence-electron chi connectivity index (χ4n) is 1.62. The van der Waals surface area contributed by atoms with E-state index in [4.69, 9.17) is 15.7 Å². The fraction of sp³-hybridized carbons (Fsp3) is 0.500. The molecule has 3 N–H and O–H groups in total. The number of nitrogen functional groups attached to an aromatic ring is 1. The van der Waals surface area contributed by atoms with E-state index < -0.39 is 10.0 Å². The van der Waals surface area contributed by atoms with E-state index in [1.54, 1.807) is 0 Å². The molecule has 0 aromatic heterocycles. The number of sulfonamides is 1. The number of nitrogens with zero attached hydrogens (tertiary/aromatic N) is 1. The van der Waals surface area contributed by atoms with Gasteiger partial charge in [0, 0.05) is 18.8 Å². The lowest BCUT2D eigenvalue weighted by atomic mass is 10.1. The normalized spacial score (nSPS) is 11.5. The monoisotopic (exact) mass is 311 g/mol. The number of nitriles is 1. The van der Waals surface area contributed by atoms with Crippen molar-refractivity contribution >= 4 is 15.7 Å². The van der Waals surface area contributed by atoms with E-state index in [0.717, 1.165) is 6.42 Å². The third-order valence-electron chi connectivity index (χ3n) is 2.79. The van der Waals surface area contributed by atoms with Crippen LogP contribution >= 0.6 is 0 Å². The molecule has 1 aromatic carbocycles. The molecule has 21 heavy (non-hydrogen) atoms. The Morgan fingerprint density at radius 3 is 2.71 bits per heavy atom. The zero-order chi connectivity index (χ0) is 15.9. The highest BCUT2D eigenvalue weighted by Gasteiger charge is 2.18. The van der Waals surface area contributed by atoms with Gasteiger partial charge in [-0.2, -0.15) is 5.26 Å². The maximum absolute atomic E-state index is 12.1. The van der Waals surface area contributed by atoms with E-state index in [2.05, 4.69) is 18.6 Å². The van der Waals surface area contributed by atoms with E-state index in [1.807, 2.05) is 6.07 Å². The Morgan fingerprint density at radius 2 is 2.10 bits per heavy atom. The number of nitrogens with two attached hydrogens (primary N) is 1. The number of hydrogen-bond acceptors (Lipinski definition) is 5. The first kappa shape index (κ1) is 17.4. The van der Waals surface area contributed by atoms with E-state index in [1.165, 1.54) is 18.2 Å². The lowest BCUT2D eigenvalue weighted by molar-refractivity contribution is 0.128. The Labute approximate surface area is 126 Å². The molecular weight excluding hydrogens is 290 g/mol. The van der Waals surface area contributed by atoms with Crippen LogP contribution in [0.25, 0.3) is 0 Å². The molecule has 0 saturated heterocycles. The van der Waals surface area contributed by atoms with Crippen molar-refractivity contribution in [1.29, 1.82) is 5.26 Å². The summed E-state index contributed by atoms with van der Waals surface area (Å²) in [5.41, 5.74) is 5.92. The molecule has 0 atom stereocenters. The van der Waals surface area contributed by atoms with Gasteiger partial charge in [-0.05, 0) is 30.5 Å². The predicted octanol–water partition coefficient (Wildman–Crippen LogP) is 1.48. The molecular formula is C14H21N3O3S. The van der Waals surface area contributed by atoms with Crippen LogP contribution in [-0.4, -0.2) is 28.2 Å². The smallest absolute Gasteiger partial charge is 0.241 e. The van der Waals surface area contributed by atoms with Crippen molar-refractivity contribution in [3.05, 3.63) is 23.8 Å². The molecule has 0 amide bonds. The molecule has 0 spiro atoms. The molecule has 0 heterocycles. The first-order valence-corrected chi connectivity index (χ1v) is 8.22. The number of ether oxygens (including phenoxy) is 1. The summed E-state index contributed by atoms with van der Waals surface area (Å²) in [6.45, 7) is 5.25. The molecule has 0 fully saturated rings. The zero-order valence-corrected chi connectivity index (χ0v) is 13.1. The SMILES string of the molecule is CC(C)CCOCCNS(=O)(=O)c1ccc(N)cc1C#N. The molecule has 0 unspecified atom stereocenters. The van der Waals surface area contributed by atoms with E-state index in [9.17, 15) is 8.42 Å². The Balaban J connectivity index is 2.57. The third-order valence-corrected chi connectivity index (χ3v) is 4.31. The maximum atomic E-state index is 12.1. The van der Waals surface area contributed by atoms with Crippen molar-refractivity contribution in [2.24, 2.45) is 5.92 Å². The second-order valence-electron chi connectivity index (χ2n) is 5.06. The summed E-state index contributed by atoms with van der Waals surface area (Å²) < 4.78 is 32.0. The largest absolute Gasteiger partial charge is 0.399 e. The first-order chi connectivity index (χ1) is 9.86. The first-order valence-electron chi connectivity index (χ1n) is 6.74. The summed E-state index contributed by atoms with van der Waals surface area (Å²) in [5.74, 6) is 0.551. The molecule has 0 aliphatic carbocycles. The van der Waals surface area contributed by atoms with Crippen molar-refractivity contribution in [3.8, 4) is 6.07 Å². The molecule has 0 saturated carbocycles. The van der Waals surface area contributed by atoms with Gasteiger partial charge in [0.25, 0.3) is 0 Å². The highest BCUT2D eigenvalue weighted by Crippen LogP contribution is 2.17. The van der Waals surface area contributed by atoms with Crippen molar-refractivity contribution in [2.45, 2.75) is 25.2 Å². The lowest BCUT2D eigenvalue weighted by Crippen LogP contribution is -2.28. The summed E-state index contributed by atoms with van der Waals surface area (Å²) >= 11 is 0. The van der Waals surface area contributed by atoms with Gasteiger partial charge >= 0.3 is 0 Å². The van der Waals surface area contributed by atoms with Crippen LogP contribution in [0.1, 0.15) is 25.8 Å². The molecule has 0 bridgehead atoms. The second-order valence-corrected chi connectivity index (χ2v) is 6.80. The van der Waals surface area contributed by atoms with Gasteiger partial charge in [0.1, 0.15) is 6.07 Å². The van der Waals surface area contributed by atoms with Crippen LogP contribution in [0.5, 0.6) is 0 Å². The topological polar surface area (TPSA) is 105 Å². The number of nitrogens with one attached hydrogen (secondary N) is 1. The molecule has 7 heteroatoms. The average molecular weight is 311 g/mol. The van der Waals surface area contributed by atoms with Crippen LogP contribution in [0.2, 0.25) is 0 Å². The molecule has 0 aliphatic heterocycles. The molecule has 116 valence electrons. The Morgan fingerprint density at radius 1 is 1.38 bits per heavy atom. The average Bonchev–Trinajstić information content (AvgIpc) is 2.41. The molecule has 1 aromatic rings. The Bertz CT molecular complexity index is 606. The summed E-state index contributed by atoms with van der Waals surface area (Å²) in [6.07, 6.45) is 0.934. The second kappa shape index (κ2) is 7.98. The lowest BCUT2D eigenvalue weighted by Gasteiger charge is -2.10. The Hall–Kier alpha value is -1.62. The molecule has 0 radical (unpaired) electrons. The van der Waals surface area contributed by atoms with Gasteiger partial charge in [-0.25, -0.2) is 13.1 Å². The van der Waals surface area contributed by atoms with Gasteiger partial charge in [-0.3, -0.25) is 0 Å². The van der Waals surface area contributed by atoms with E-state index >= 15 is 0 Å². The molecule has 1 rings (SSSR count). The van der Waals surface area contributed by atoms with Gasteiger partial charge in [-0.15, -0.1) is 0 Å². The minimum absolute atomic E-state index is 0.0308. The summed E-state index contributed by atoms with van der Waals surface area (Å²) in [7, 11) is -3.73. The minimum atomic E-state index is -3.73. The van der Waals surface area contributed by atoms with Gasteiger partial charge in [0.05, 0.1) is 17.1 Å². The van der Waals surface area contributed by atoms with Crippen LogP contribution in [0.4, 0.5) is 5.69 Å². The summed E-state index contributed by atoms with van der Waals surface area (Å²) in [5, 5.41) is 8.98. The summed E-state index contributed by atoms with van der Waals surface area (Å²) in [4.78, 5) is -0.0682. The van der Waals surface area contributed by atoms with Crippen LogP contribution in [0, 0.1) is 17.2 Å². The summed E-state index contributed by atoms with van der Waals surface area (Å²) in [6, 6.07) is 5.96. The molecule has 6 nitrogen and oxygen atoms in total. The van der Waals surface area contributed by atoms with Gasteiger partial charge in [0.15, 0.2) is 0 Å². The quantitative estimate of drug-likeness (QED) is 0.559. The van der Waals surface area contributed by atoms with E-state index in [-0.39, 0.29) is 17.0 Å². The number of anilines is 1. The van der Waals surface area contributed by atoms with Crippen molar-refractivity contribution in [1.82, 2.24) is 4.72 Å². The molecule has 0 aliphatic rings. The van der Waals surface area contributed by atoms with Crippen molar-refractivity contribution < 1.29 is 13.2 Å². The van der Waals surface area contributed by atoms with Crippen molar-refractivity contribution in [2.75, 3.05) is 25.5 Å². The maximum Gasteiger partial charge on any atom is 0.241 e. The van der Waals surface area contributed by atoms with Crippen LogP contribution in [-0.2, 0) is 14.8 Å². The van der Waals surface area contributed by atoms with E-state index in [0.29, 0.717) is 24.8 Å². The van der Waals surface area contributed by atoms with Gasteiger partial charge < -0.3 is 10.5 Å². The highest BCUT2D eigenvalue weighted by atomic mass is 32.2. The number of hydrogen-bond donors (Lipinski definition) is 2. The Kier molecular flexibility index (Phi) is 6.62. The van der Waals surface area contributed by atoms with Gasteiger partial charge in [-0.1, -0.05) is 13.8 Å². The van der Waals surface area contributed by atoms with Crippen LogP contribution in [0.3, 0.4) is 0 Å². The van der Waals surface area contributed by atoms with Crippen LogP contribution < -0.4 is 10.5 Å². The zero-order valence-electron chi connectivity index (χ0n) is 12.3. The minimum Gasteiger partial charge on any atom is -0.399 e.